The summed E-state index contributed by atoms with van der Waals surface area (Å²) >= 11 is 0. The molecule has 0 unspecified atom stereocenters. The van der Waals surface area contributed by atoms with Crippen molar-refractivity contribution in [3.63, 3.8) is 0 Å². The Balaban J connectivity index is 1.99. The molecule has 152 valence electrons. The molecule has 28 heavy (non-hydrogen) atoms. The van der Waals surface area contributed by atoms with Gasteiger partial charge in [-0.25, -0.2) is 4.79 Å². The van der Waals surface area contributed by atoms with E-state index in [1.165, 1.54) is 17.0 Å². The predicted octanol–water partition coefficient (Wildman–Crippen LogP) is -1.43. The Hall–Kier alpha value is -3.14. The molecule has 0 saturated carbocycles. The summed E-state index contributed by atoms with van der Waals surface area (Å²) in [5, 5.41) is 23.6. The molecule has 10 nitrogen and oxygen atoms in total. The normalized spacial score (nSPS) is 17.0. The summed E-state index contributed by atoms with van der Waals surface area (Å²) < 4.78 is 0. The second-order valence-corrected chi connectivity index (χ2v) is 6.50. The van der Waals surface area contributed by atoms with E-state index in [1.807, 2.05) is 0 Å². The Morgan fingerprint density at radius 3 is 2.50 bits per heavy atom. The molecule has 1 fully saturated rings. The fourth-order valence-electron chi connectivity index (χ4n) is 3.02. The lowest BCUT2D eigenvalue weighted by molar-refractivity contribution is -0.143. The third kappa shape index (κ3) is 5.68. The summed E-state index contributed by atoms with van der Waals surface area (Å²) in [6.07, 6.45) is 1.05. The number of nitrogens with two attached hydrogens (primary N) is 1. The van der Waals surface area contributed by atoms with Gasteiger partial charge in [0.1, 0.15) is 17.8 Å². The zero-order valence-electron chi connectivity index (χ0n) is 15.3. The monoisotopic (exact) mass is 392 g/mol. The van der Waals surface area contributed by atoms with Crippen molar-refractivity contribution < 1.29 is 29.4 Å². The lowest BCUT2D eigenvalue weighted by Gasteiger charge is -2.25. The molecule has 0 bridgehead atoms. The molecule has 1 aromatic carbocycles. The summed E-state index contributed by atoms with van der Waals surface area (Å²) in [4.78, 5) is 48.9. The number of likely N-dealkylation sites (tertiary alicyclic amines) is 1. The molecule has 1 heterocycles. The molecule has 1 aromatic rings. The van der Waals surface area contributed by atoms with E-state index in [9.17, 15) is 29.4 Å². The van der Waals surface area contributed by atoms with Crippen LogP contribution in [0.2, 0.25) is 0 Å². The van der Waals surface area contributed by atoms with Crippen LogP contribution >= 0.6 is 0 Å². The largest absolute Gasteiger partial charge is 0.508 e. The van der Waals surface area contributed by atoms with Crippen LogP contribution in [0.25, 0.3) is 0 Å². The van der Waals surface area contributed by atoms with E-state index in [0.717, 1.165) is 0 Å². The highest BCUT2D eigenvalue weighted by Gasteiger charge is 2.35. The Morgan fingerprint density at radius 2 is 1.89 bits per heavy atom. The van der Waals surface area contributed by atoms with Gasteiger partial charge < -0.3 is 31.5 Å². The Bertz CT molecular complexity index is 736. The van der Waals surface area contributed by atoms with Crippen LogP contribution in [0.5, 0.6) is 5.75 Å². The van der Waals surface area contributed by atoms with E-state index in [2.05, 4.69) is 10.6 Å². The van der Waals surface area contributed by atoms with Gasteiger partial charge in [-0.3, -0.25) is 14.4 Å². The van der Waals surface area contributed by atoms with Crippen molar-refractivity contribution in [1.82, 2.24) is 15.5 Å². The molecule has 6 N–H and O–H groups in total. The van der Waals surface area contributed by atoms with Gasteiger partial charge in [-0.05, 0) is 30.5 Å². The molecule has 0 aliphatic carbocycles. The van der Waals surface area contributed by atoms with Crippen LogP contribution in [0.4, 0.5) is 0 Å². The molecule has 0 spiro atoms. The van der Waals surface area contributed by atoms with Gasteiger partial charge in [-0.1, -0.05) is 12.1 Å². The number of hydrogen-bond donors (Lipinski definition) is 5. The van der Waals surface area contributed by atoms with Gasteiger partial charge in [-0.15, -0.1) is 0 Å². The number of phenolic OH excluding ortho intramolecular Hbond substituents is 1. The second kappa shape index (κ2) is 9.70. The Morgan fingerprint density at radius 1 is 1.21 bits per heavy atom. The third-order valence-corrected chi connectivity index (χ3v) is 4.49. The molecule has 1 saturated heterocycles. The van der Waals surface area contributed by atoms with E-state index in [0.29, 0.717) is 24.9 Å². The minimum absolute atomic E-state index is 0.0363. The zero-order chi connectivity index (χ0) is 20.7. The predicted molar refractivity (Wildman–Crippen MR) is 98.2 cm³/mol. The maximum atomic E-state index is 12.6. The van der Waals surface area contributed by atoms with E-state index in [4.69, 9.17) is 5.73 Å². The quantitative estimate of drug-likeness (QED) is 0.362. The minimum Gasteiger partial charge on any atom is -0.508 e. The first-order chi connectivity index (χ1) is 13.3. The first-order valence-electron chi connectivity index (χ1n) is 8.89. The van der Waals surface area contributed by atoms with Crippen LogP contribution in [0.1, 0.15) is 18.4 Å². The van der Waals surface area contributed by atoms with E-state index >= 15 is 0 Å². The van der Waals surface area contributed by atoms with Crippen LogP contribution in [0.3, 0.4) is 0 Å². The summed E-state index contributed by atoms with van der Waals surface area (Å²) in [7, 11) is 0. The van der Waals surface area contributed by atoms with Crippen molar-refractivity contribution in [1.29, 1.82) is 0 Å². The van der Waals surface area contributed by atoms with Crippen LogP contribution < -0.4 is 16.4 Å². The third-order valence-electron chi connectivity index (χ3n) is 4.49. The fraction of sp³-hybridized carbons (Fsp3) is 0.444. The second-order valence-electron chi connectivity index (χ2n) is 6.50. The summed E-state index contributed by atoms with van der Waals surface area (Å²) in [6, 6.07) is 4.05. The molecule has 0 aromatic heterocycles. The standard InChI is InChI=1S/C18H24N4O6/c19-9-15(24)20-10-16(25)22-7-1-2-14(22)17(26)21-13(18(27)28)8-11-3-5-12(23)6-4-11/h3-6,13-14,23H,1-2,7-10,19H2,(H,20,24)(H,21,26)(H,27,28)/t13-,14+/m1/s1. The molecule has 1 aliphatic rings. The average Bonchev–Trinajstić information content (AvgIpc) is 3.16. The highest BCUT2D eigenvalue weighted by molar-refractivity contribution is 5.92. The number of carboxylic acids is 1. The van der Waals surface area contributed by atoms with E-state index in [1.54, 1.807) is 12.1 Å². The summed E-state index contributed by atoms with van der Waals surface area (Å²) in [6.45, 7) is -0.157. The number of nitrogens with one attached hydrogen (secondary N) is 2. The van der Waals surface area contributed by atoms with Gasteiger partial charge in [0, 0.05) is 13.0 Å². The number of hydrogen-bond acceptors (Lipinski definition) is 6. The van der Waals surface area contributed by atoms with Crippen molar-refractivity contribution in [2.75, 3.05) is 19.6 Å². The van der Waals surface area contributed by atoms with Crippen molar-refractivity contribution in [3.8, 4) is 5.75 Å². The topological polar surface area (TPSA) is 162 Å². The molecule has 2 atom stereocenters. The van der Waals surface area contributed by atoms with Crippen molar-refractivity contribution in [2.24, 2.45) is 5.73 Å². The number of nitrogens with zero attached hydrogens (tertiary/aromatic N) is 1. The van der Waals surface area contributed by atoms with E-state index in [-0.39, 0.29) is 25.3 Å². The SMILES string of the molecule is NCC(=O)NCC(=O)N1CCC[C@H]1C(=O)N[C@H](Cc1ccc(O)cc1)C(=O)O. The summed E-state index contributed by atoms with van der Waals surface area (Å²) in [5.41, 5.74) is 5.81. The maximum Gasteiger partial charge on any atom is 0.326 e. The van der Waals surface area contributed by atoms with Crippen molar-refractivity contribution in [3.05, 3.63) is 29.8 Å². The number of carboxylic acid groups (broad SMARTS) is 1. The molecule has 1 aliphatic heterocycles. The Kier molecular flexibility index (Phi) is 7.33. The van der Waals surface area contributed by atoms with Gasteiger partial charge in [-0.2, -0.15) is 0 Å². The number of carbonyl (C=O) groups is 4. The van der Waals surface area contributed by atoms with Gasteiger partial charge in [0.2, 0.25) is 17.7 Å². The van der Waals surface area contributed by atoms with Gasteiger partial charge in [0.05, 0.1) is 13.1 Å². The highest BCUT2D eigenvalue weighted by atomic mass is 16.4. The molecule has 10 heteroatoms. The van der Waals surface area contributed by atoms with Gasteiger partial charge in [0.15, 0.2) is 0 Å². The van der Waals surface area contributed by atoms with Gasteiger partial charge in [0.25, 0.3) is 0 Å². The number of aliphatic carboxylic acids is 1. The molecule has 2 rings (SSSR count). The highest BCUT2D eigenvalue weighted by Crippen LogP contribution is 2.18. The van der Waals surface area contributed by atoms with Gasteiger partial charge >= 0.3 is 5.97 Å². The van der Waals surface area contributed by atoms with E-state index < -0.39 is 35.8 Å². The minimum atomic E-state index is -1.20. The summed E-state index contributed by atoms with van der Waals surface area (Å²) in [5.74, 6) is -2.60. The van der Waals surface area contributed by atoms with Crippen LogP contribution in [-0.2, 0) is 25.6 Å². The first-order valence-corrected chi connectivity index (χ1v) is 8.89. The number of benzene rings is 1. The first kappa shape index (κ1) is 21.2. The zero-order valence-corrected chi connectivity index (χ0v) is 15.3. The fourth-order valence-corrected chi connectivity index (χ4v) is 3.02. The Labute approximate surface area is 161 Å². The molecule has 3 amide bonds. The smallest absolute Gasteiger partial charge is 0.326 e. The number of aromatic hydroxyl groups is 1. The van der Waals surface area contributed by atoms with Crippen molar-refractivity contribution in [2.45, 2.75) is 31.3 Å². The lowest BCUT2D eigenvalue weighted by Crippen LogP contribution is -2.53. The lowest BCUT2D eigenvalue weighted by atomic mass is 10.0. The average molecular weight is 392 g/mol. The number of rotatable bonds is 8. The molecule has 0 radical (unpaired) electrons. The molecular formula is C18H24N4O6. The number of phenols is 1. The van der Waals surface area contributed by atoms with Crippen LogP contribution in [0, 0.1) is 0 Å². The van der Waals surface area contributed by atoms with Crippen LogP contribution in [0.15, 0.2) is 24.3 Å². The molecular weight excluding hydrogens is 368 g/mol. The number of carbonyl (C=O) groups excluding carboxylic acids is 3. The number of amides is 3. The van der Waals surface area contributed by atoms with Crippen LogP contribution in [-0.4, -0.2) is 70.5 Å². The maximum absolute atomic E-state index is 12.6. The van der Waals surface area contributed by atoms with Crippen molar-refractivity contribution >= 4 is 23.7 Å².